The minimum Gasteiger partial charge on any atom is -0.468 e. The van der Waals surface area contributed by atoms with Crippen molar-refractivity contribution < 1.29 is 22.3 Å². The maximum absolute atomic E-state index is 12.8. The molecule has 2 rings (SSSR count). The maximum Gasteiger partial charge on any atom is 0.327 e. The highest BCUT2D eigenvalue weighted by Gasteiger charge is 2.58. The summed E-state index contributed by atoms with van der Waals surface area (Å²) in [6.07, 6.45) is 0.854. The lowest BCUT2D eigenvalue weighted by Gasteiger charge is -2.25. The molecule has 0 unspecified atom stereocenters. The first-order valence-electron chi connectivity index (χ1n) is 5.67. The molecule has 0 aliphatic heterocycles. The number of sulfonamides is 1. The van der Waals surface area contributed by atoms with Crippen molar-refractivity contribution in [2.75, 3.05) is 14.2 Å². The van der Waals surface area contributed by atoms with Crippen molar-refractivity contribution in [3.8, 4) is 0 Å². The Labute approximate surface area is 111 Å². The molecule has 1 aliphatic rings. The van der Waals surface area contributed by atoms with Crippen LogP contribution in [0.15, 0.2) is 29.2 Å². The van der Waals surface area contributed by atoms with Crippen LogP contribution in [-0.4, -0.2) is 38.4 Å². The fourth-order valence-electron chi connectivity index (χ4n) is 1.95. The van der Waals surface area contributed by atoms with Crippen molar-refractivity contribution in [3.05, 3.63) is 30.1 Å². The van der Waals surface area contributed by atoms with Gasteiger partial charge in [-0.05, 0) is 37.1 Å². The number of ether oxygens (including phenoxy) is 1. The summed E-state index contributed by atoms with van der Waals surface area (Å²) < 4.78 is 43.2. The van der Waals surface area contributed by atoms with Gasteiger partial charge in [-0.15, -0.1) is 0 Å². The summed E-state index contributed by atoms with van der Waals surface area (Å²) in [5, 5.41) is 0. The van der Waals surface area contributed by atoms with Crippen molar-refractivity contribution in [1.82, 2.24) is 4.31 Å². The third kappa shape index (κ3) is 2.23. The van der Waals surface area contributed by atoms with Gasteiger partial charge in [0, 0.05) is 7.05 Å². The first-order valence-corrected chi connectivity index (χ1v) is 7.11. The number of halogens is 1. The third-order valence-corrected chi connectivity index (χ3v) is 5.30. The highest BCUT2D eigenvalue weighted by atomic mass is 32.2. The zero-order chi connectivity index (χ0) is 14.3. The van der Waals surface area contributed by atoms with Gasteiger partial charge in [-0.3, -0.25) is 4.79 Å². The quantitative estimate of drug-likeness (QED) is 0.779. The van der Waals surface area contributed by atoms with E-state index in [0.29, 0.717) is 12.8 Å². The van der Waals surface area contributed by atoms with Crippen molar-refractivity contribution >= 4 is 16.0 Å². The lowest BCUT2D eigenvalue weighted by molar-refractivity contribution is -0.146. The molecule has 5 nitrogen and oxygen atoms in total. The smallest absolute Gasteiger partial charge is 0.327 e. The number of nitrogens with zero attached hydrogens (tertiary/aromatic N) is 1. The summed E-state index contributed by atoms with van der Waals surface area (Å²) >= 11 is 0. The fourth-order valence-corrected chi connectivity index (χ4v) is 3.46. The van der Waals surface area contributed by atoms with E-state index < -0.39 is 27.3 Å². The average molecular weight is 287 g/mol. The first-order chi connectivity index (χ1) is 8.84. The predicted octanol–water partition coefficient (Wildman–Crippen LogP) is 1.15. The normalized spacial score (nSPS) is 17.3. The van der Waals surface area contributed by atoms with E-state index in [1.54, 1.807) is 0 Å². The van der Waals surface area contributed by atoms with Crippen LogP contribution in [0.2, 0.25) is 0 Å². The molecule has 0 radical (unpaired) electrons. The van der Waals surface area contributed by atoms with E-state index in [4.69, 9.17) is 0 Å². The molecule has 0 atom stereocenters. The van der Waals surface area contributed by atoms with Crippen LogP contribution in [0.4, 0.5) is 4.39 Å². The number of hydrogen-bond acceptors (Lipinski definition) is 4. The minimum atomic E-state index is -3.84. The number of carbonyl (C=O) groups is 1. The molecule has 1 fully saturated rings. The van der Waals surface area contributed by atoms with Crippen LogP contribution in [0.3, 0.4) is 0 Å². The van der Waals surface area contributed by atoms with Crippen LogP contribution in [0.1, 0.15) is 12.8 Å². The number of hydrogen-bond donors (Lipinski definition) is 0. The molecule has 19 heavy (non-hydrogen) atoms. The molecule has 1 aromatic carbocycles. The second-order valence-corrected chi connectivity index (χ2v) is 6.42. The molecule has 0 saturated heterocycles. The predicted molar refractivity (Wildman–Crippen MR) is 65.3 cm³/mol. The molecule has 0 heterocycles. The highest BCUT2D eigenvalue weighted by Crippen LogP contribution is 2.44. The van der Waals surface area contributed by atoms with Crippen molar-refractivity contribution in [1.29, 1.82) is 0 Å². The Hall–Kier alpha value is -1.47. The van der Waals surface area contributed by atoms with Gasteiger partial charge in [0.2, 0.25) is 10.0 Å². The van der Waals surface area contributed by atoms with Gasteiger partial charge in [-0.2, -0.15) is 4.31 Å². The summed E-state index contributed by atoms with van der Waals surface area (Å²) in [4.78, 5) is 11.6. The van der Waals surface area contributed by atoms with Gasteiger partial charge in [0.15, 0.2) is 0 Å². The van der Waals surface area contributed by atoms with E-state index >= 15 is 0 Å². The number of esters is 1. The van der Waals surface area contributed by atoms with Crippen LogP contribution in [0.25, 0.3) is 0 Å². The topological polar surface area (TPSA) is 63.7 Å². The van der Waals surface area contributed by atoms with E-state index in [-0.39, 0.29) is 4.90 Å². The molecule has 0 bridgehead atoms. The molecule has 1 saturated carbocycles. The molecule has 7 heteroatoms. The van der Waals surface area contributed by atoms with Crippen molar-refractivity contribution in [2.45, 2.75) is 23.3 Å². The van der Waals surface area contributed by atoms with E-state index in [2.05, 4.69) is 4.74 Å². The summed E-state index contributed by atoms with van der Waals surface area (Å²) in [7, 11) is -1.28. The monoisotopic (exact) mass is 287 g/mol. The summed E-state index contributed by atoms with van der Waals surface area (Å²) in [5.41, 5.74) is -1.11. The molecule has 104 valence electrons. The third-order valence-electron chi connectivity index (χ3n) is 3.36. The van der Waals surface area contributed by atoms with Crippen LogP contribution in [0.5, 0.6) is 0 Å². The van der Waals surface area contributed by atoms with E-state index in [9.17, 15) is 17.6 Å². The molecule has 0 N–H and O–H groups in total. The van der Waals surface area contributed by atoms with E-state index in [0.717, 1.165) is 16.4 Å². The van der Waals surface area contributed by atoms with Crippen LogP contribution >= 0.6 is 0 Å². The summed E-state index contributed by atoms with van der Waals surface area (Å²) in [5.74, 6) is -1.09. The second kappa shape index (κ2) is 4.57. The number of likely N-dealkylation sites (N-methyl/N-ethyl adjacent to an activating group) is 1. The van der Waals surface area contributed by atoms with E-state index in [1.807, 2.05) is 0 Å². The molecule has 1 aliphatic carbocycles. The zero-order valence-corrected chi connectivity index (χ0v) is 11.4. The molecule has 1 aromatic rings. The van der Waals surface area contributed by atoms with Gasteiger partial charge in [-0.25, -0.2) is 12.8 Å². The molecule has 0 aromatic heterocycles. The lowest BCUT2D eigenvalue weighted by Crippen LogP contribution is -2.45. The number of benzene rings is 1. The Bertz CT molecular complexity index is 593. The Kier molecular flexibility index (Phi) is 3.36. The molecule has 0 spiro atoms. The minimum absolute atomic E-state index is 0.0495. The fraction of sp³-hybridized carbons (Fsp3) is 0.417. The zero-order valence-electron chi connectivity index (χ0n) is 10.6. The van der Waals surface area contributed by atoms with Gasteiger partial charge in [0.25, 0.3) is 0 Å². The Morgan fingerprint density at radius 2 is 1.84 bits per heavy atom. The number of carbonyl (C=O) groups excluding carboxylic acids is 1. The van der Waals surface area contributed by atoms with Gasteiger partial charge >= 0.3 is 5.97 Å². The average Bonchev–Trinajstić information content (AvgIpc) is 3.19. The Morgan fingerprint density at radius 3 is 2.26 bits per heavy atom. The van der Waals surface area contributed by atoms with Gasteiger partial charge in [0.05, 0.1) is 12.0 Å². The van der Waals surface area contributed by atoms with Gasteiger partial charge in [-0.1, -0.05) is 0 Å². The highest BCUT2D eigenvalue weighted by molar-refractivity contribution is 7.89. The Balaban J connectivity index is 2.35. The largest absolute Gasteiger partial charge is 0.468 e. The van der Waals surface area contributed by atoms with E-state index in [1.165, 1.54) is 26.3 Å². The van der Waals surface area contributed by atoms with Crippen LogP contribution in [-0.2, 0) is 19.6 Å². The summed E-state index contributed by atoms with van der Waals surface area (Å²) in [6.45, 7) is 0. The van der Waals surface area contributed by atoms with Crippen LogP contribution in [0, 0.1) is 5.82 Å². The molecular weight excluding hydrogens is 273 g/mol. The van der Waals surface area contributed by atoms with Gasteiger partial charge in [0.1, 0.15) is 11.4 Å². The Morgan fingerprint density at radius 1 is 1.32 bits per heavy atom. The van der Waals surface area contributed by atoms with Crippen LogP contribution < -0.4 is 0 Å². The maximum atomic E-state index is 12.8. The lowest BCUT2D eigenvalue weighted by atomic mass is 10.3. The second-order valence-electron chi connectivity index (χ2n) is 4.45. The van der Waals surface area contributed by atoms with Gasteiger partial charge < -0.3 is 4.74 Å². The number of methoxy groups -OCH3 is 1. The number of rotatable bonds is 4. The standard InChI is InChI=1S/C12H14FNO4S/c1-14(12(7-8-12)11(15)18-2)19(16,17)10-5-3-9(13)4-6-10/h3-6H,7-8H2,1-2H3. The molecule has 0 amide bonds. The summed E-state index contributed by atoms with van der Waals surface area (Å²) in [6, 6.07) is 4.49. The SMILES string of the molecule is COC(=O)C1(N(C)S(=O)(=O)c2ccc(F)cc2)CC1. The van der Waals surface area contributed by atoms with Crippen molar-refractivity contribution in [3.63, 3.8) is 0 Å². The molecular formula is C12H14FNO4S. The first kappa shape index (κ1) is 14.0. The van der Waals surface area contributed by atoms with Crippen molar-refractivity contribution in [2.24, 2.45) is 0 Å².